The molecule has 2 aromatic rings. The van der Waals surface area contributed by atoms with E-state index < -0.39 is 6.04 Å². The molecule has 7 heteroatoms. The number of nitrogens with zero attached hydrogens (tertiary/aromatic N) is 1. The van der Waals surface area contributed by atoms with E-state index in [4.69, 9.17) is 21.1 Å². The highest BCUT2D eigenvalue weighted by Gasteiger charge is 2.28. The van der Waals surface area contributed by atoms with E-state index in [1.54, 1.807) is 25.0 Å². The van der Waals surface area contributed by atoms with Gasteiger partial charge in [-0.25, -0.2) is 0 Å². The summed E-state index contributed by atoms with van der Waals surface area (Å²) in [6.07, 6.45) is 6.31. The van der Waals surface area contributed by atoms with E-state index in [9.17, 15) is 9.59 Å². The largest absolute Gasteiger partial charge is 0.497 e. The van der Waals surface area contributed by atoms with Gasteiger partial charge in [0.1, 0.15) is 17.5 Å². The Kier molecular flexibility index (Phi) is 10.1. The summed E-state index contributed by atoms with van der Waals surface area (Å²) in [4.78, 5) is 27.9. The lowest BCUT2D eigenvalue weighted by molar-refractivity contribution is -0.141. The summed E-state index contributed by atoms with van der Waals surface area (Å²) < 4.78 is 10.9. The summed E-state index contributed by atoms with van der Waals surface area (Å²) in [6, 6.07) is 14.4. The van der Waals surface area contributed by atoms with E-state index in [-0.39, 0.29) is 30.8 Å². The maximum Gasteiger partial charge on any atom is 0.242 e. The molecule has 0 saturated heterocycles. The maximum absolute atomic E-state index is 13.2. The predicted molar refractivity (Wildman–Crippen MR) is 134 cm³/mol. The highest BCUT2D eigenvalue weighted by molar-refractivity contribution is 6.31. The zero-order valence-electron chi connectivity index (χ0n) is 20.1. The lowest BCUT2D eigenvalue weighted by Crippen LogP contribution is -2.50. The Labute approximate surface area is 207 Å². The average Bonchev–Trinajstić information content (AvgIpc) is 2.86. The second-order valence-corrected chi connectivity index (χ2v) is 9.17. The lowest BCUT2D eigenvalue weighted by atomic mass is 9.95. The van der Waals surface area contributed by atoms with Gasteiger partial charge in [-0.2, -0.15) is 0 Å². The van der Waals surface area contributed by atoms with Gasteiger partial charge in [-0.15, -0.1) is 0 Å². The van der Waals surface area contributed by atoms with Gasteiger partial charge < -0.3 is 19.7 Å². The lowest BCUT2D eigenvalue weighted by Gasteiger charge is -2.31. The third-order valence-electron chi connectivity index (χ3n) is 6.28. The quantitative estimate of drug-likeness (QED) is 0.433. The highest BCUT2D eigenvalue weighted by atomic mass is 35.5. The van der Waals surface area contributed by atoms with Crippen LogP contribution in [0, 0.1) is 0 Å². The number of halogens is 1. The number of benzene rings is 2. The van der Waals surface area contributed by atoms with Gasteiger partial charge in [-0.05, 0) is 62.1 Å². The van der Waals surface area contributed by atoms with Gasteiger partial charge in [-0.1, -0.05) is 49.1 Å². The number of carbonyl (C=O) groups is 2. The second-order valence-electron chi connectivity index (χ2n) is 8.76. The molecule has 0 radical (unpaired) electrons. The summed E-state index contributed by atoms with van der Waals surface area (Å²) >= 11 is 6.36. The Balaban J connectivity index is 1.59. The number of rotatable bonds is 11. The first-order chi connectivity index (χ1) is 16.5. The van der Waals surface area contributed by atoms with Crippen molar-refractivity contribution < 1.29 is 19.1 Å². The van der Waals surface area contributed by atoms with Crippen molar-refractivity contribution in [2.75, 3.05) is 13.7 Å². The number of nitrogens with one attached hydrogen (secondary N) is 1. The summed E-state index contributed by atoms with van der Waals surface area (Å²) in [5, 5.41) is 3.74. The summed E-state index contributed by atoms with van der Waals surface area (Å²) in [6.45, 7) is 2.48. The van der Waals surface area contributed by atoms with Crippen molar-refractivity contribution >= 4 is 23.4 Å². The van der Waals surface area contributed by atoms with E-state index in [1.165, 1.54) is 6.42 Å². The van der Waals surface area contributed by atoms with Crippen molar-refractivity contribution in [3.05, 3.63) is 59.1 Å². The first-order valence-corrected chi connectivity index (χ1v) is 12.5. The summed E-state index contributed by atoms with van der Waals surface area (Å²) in [5.41, 5.74) is 0.823. The Bertz CT molecular complexity index is 928. The van der Waals surface area contributed by atoms with Crippen LogP contribution in [-0.2, 0) is 16.1 Å². The molecule has 2 amide bonds. The van der Waals surface area contributed by atoms with Crippen LogP contribution >= 0.6 is 11.6 Å². The highest BCUT2D eigenvalue weighted by Crippen LogP contribution is 2.22. The molecule has 0 aliphatic heterocycles. The van der Waals surface area contributed by atoms with Crippen LogP contribution in [0.5, 0.6) is 11.5 Å². The minimum Gasteiger partial charge on any atom is -0.497 e. The van der Waals surface area contributed by atoms with Crippen LogP contribution in [0.25, 0.3) is 0 Å². The Hall–Kier alpha value is -2.73. The molecule has 0 spiro atoms. The molecular weight excluding hydrogens is 452 g/mol. The molecule has 1 N–H and O–H groups in total. The van der Waals surface area contributed by atoms with Gasteiger partial charge in [0.05, 0.1) is 13.7 Å². The first-order valence-electron chi connectivity index (χ1n) is 12.1. The number of ether oxygens (including phenoxy) is 2. The number of carbonyl (C=O) groups excluding carboxylic acids is 2. The zero-order chi connectivity index (χ0) is 24.3. The van der Waals surface area contributed by atoms with Crippen LogP contribution in [0.2, 0.25) is 5.02 Å². The van der Waals surface area contributed by atoms with Crippen LogP contribution in [0.4, 0.5) is 0 Å². The van der Waals surface area contributed by atoms with E-state index >= 15 is 0 Å². The molecule has 1 saturated carbocycles. The maximum atomic E-state index is 13.2. The van der Waals surface area contributed by atoms with E-state index in [0.29, 0.717) is 18.1 Å². The topological polar surface area (TPSA) is 67.9 Å². The fourth-order valence-electron chi connectivity index (χ4n) is 4.19. The Morgan fingerprint density at radius 2 is 1.74 bits per heavy atom. The second kappa shape index (κ2) is 13.2. The van der Waals surface area contributed by atoms with Crippen LogP contribution < -0.4 is 14.8 Å². The third kappa shape index (κ3) is 7.66. The van der Waals surface area contributed by atoms with Crippen molar-refractivity contribution in [3.63, 3.8) is 0 Å². The normalized spacial score (nSPS) is 14.8. The summed E-state index contributed by atoms with van der Waals surface area (Å²) in [5.74, 6) is 1.28. The van der Waals surface area contributed by atoms with E-state index in [2.05, 4.69) is 5.32 Å². The Morgan fingerprint density at radius 3 is 2.41 bits per heavy atom. The van der Waals surface area contributed by atoms with Gasteiger partial charge in [0.2, 0.25) is 11.8 Å². The molecule has 1 atom stereocenters. The van der Waals surface area contributed by atoms with Gasteiger partial charge >= 0.3 is 0 Å². The van der Waals surface area contributed by atoms with Gasteiger partial charge in [0.15, 0.2) is 0 Å². The van der Waals surface area contributed by atoms with Crippen molar-refractivity contribution in [2.45, 2.75) is 70.5 Å². The van der Waals surface area contributed by atoms with Crippen molar-refractivity contribution in [1.82, 2.24) is 10.2 Å². The van der Waals surface area contributed by atoms with Crippen molar-refractivity contribution in [1.29, 1.82) is 0 Å². The number of methoxy groups -OCH3 is 1. The molecule has 34 heavy (non-hydrogen) atoms. The SMILES string of the molecule is COc1ccc(OCCCC(=O)N(Cc2ccccc2Cl)[C@@H](C)C(=O)NC2CCCCC2)cc1. The molecule has 0 heterocycles. The minimum atomic E-state index is -0.590. The predicted octanol–water partition coefficient (Wildman–Crippen LogP) is 5.37. The first kappa shape index (κ1) is 25.9. The molecule has 184 valence electrons. The molecule has 2 aromatic carbocycles. The fourth-order valence-corrected chi connectivity index (χ4v) is 4.39. The summed E-state index contributed by atoms with van der Waals surface area (Å²) in [7, 11) is 1.62. The van der Waals surface area contributed by atoms with Crippen LogP contribution in [0.15, 0.2) is 48.5 Å². The van der Waals surface area contributed by atoms with Gasteiger partial charge in [0, 0.05) is 24.0 Å². The van der Waals surface area contributed by atoms with E-state index in [1.807, 2.05) is 42.5 Å². The van der Waals surface area contributed by atoms with Crippen LogP contribution in [-0.4, -0.2) is 42.5 Å². The molecule has 0 bridgehead atoms. The van der Waals surface area contributed by atoms with Gasteiger partial charge in [0.25, 0.3) is 0 Å². The Morgan fingerprint density at radius 1 is 1.06 bits per heavy atom. The third-order valence-corrected chi connectivity index (χ3v) is 6.65. The molecule has 0 unspecified atom stereocenters. The van der Waals surface area contributed by atoms with Gasteiger partial charge in [-0.3, -0.25) is 9.59 Å². The number of hydrogen-bond donors (Lipinski definition) is 1. The molecule has 6 nitrogen and oxygen atoms in total. The number of amides is 2. The van der Waals surface area contributed by atoms with Crippen molar-refractivity contribution in [2.24, 2.45) is 0 Å². The smallest absolute Gasteiger partial charge is 0.242 e. The van der Waals surface area contributed by atoms with E-state index in [0.717, 1.165) is 42.7 Å². The van der Waals surface area contributed by atoms with Crippen LogP contribution in [0.1, 0.15) is 57.4 Å². The minimum absolute atomic E-state index is 0.0930. The molecule has 1 fully saturated rings. The monoisotopic (exact) mass is 486 g/mol. The molecule has 1 aliphatic rings. The molecule has 1 aliphatic carbocycles. The average molecular weight is 487 g/mol. The molecular formula is C27H35ClN2O4. The van der Waals surface area contributed by atoms with Crippen molar-refractivity contribution in [3.8, 4) is 11.5 Å². The number of hydrogen-bond acceptors (Lipinski definition) is 4. The fraction of sp³-hybridized carbons (Fsp3) is 0.481. The van der Waals surface area contributed by atoms with Crippen LogP contribution in [0.3, 0.4) is 0 Å². The standard InChI is InChI=1S/C27H35ClN2O4/c1-20(27(32)29-22-10-4-3-5-11-22)30(19-21-9-6-7-12-25(21)28)26(31)13-8-18-34-24-16-14-23(33-2)15-17-24/h6-7,9,12,14-17,20,22H,3-5,8,10-11,13,18-19H2,1-2H3,(H,29,32)/t20-/m0/s1. The molecule has 0 aromatic heterocycles. The molecule has 3 rings (SSSR count). The zero-order valence-corrected chi connectivity index (χ0v) is 20.9.